The number of rotatable bonds is 1. The van der Waals surface area contributed by atoms with E-state index in [-0.39, 0.29) is 11.6 Å². The molecule has 0 atom stereocenters. The molecule has 70 valence electrons. The molecule has 0 amide bonds. The smallest absolute Gasteiger partial charge is 0.142 e. The molecule has 1 aromatic carbocycles. The third kappa shape index (κ3) is 1.22. The van der Waals surface area contributed by atoms with Gasteiger partial charge in [-0.3, -0.25) is 4.68 Å². The van der Waals surface area contributed by atoms with E-state index < -0.39 is 5.82 Å². The highest BCUT2D eigenvalue weighted by Crippen LogP contribution is 2.25. The van der Waals surface area contributed by atoms with Crippen molar-refractivity contribution in [3.63, 3.8) is 0 Å². The molecule has 2 aromatic rings. The minimum Gasteiger partial charge on any atom is -0.251 e. The second-order valence-corrected chi connectivity index (χ2v) is 3.13. The Hall–Kier alpha value is -1.60. The molecule has 0 spiro atoms. The zero-order chi connectivity index (χ0) is 10.1. The Labute approximate surface area is 84.3 Å². The number of halogens is 2. The molecule has 0 N–H and O–H groups in total. The molecule has 5 heteroatoms. The zero-order valence-corrected chi connectivity index (χ0v) is 7.79. The molecule has 0 unspecified atom stereocenters. The molecule has 0 radical (unpaired) electrons. The van der Waals surface area contributed by atoms with Gasteiger partial charge in [0.2, 0.25) is 0 Å². The molecule has 2 rings (SSSR count). The maximum absolute atomic E-state index is 13.0. The molecule has 3 nitrogen and oxygen atoms in total. The Balaban J connectivity index is 2.72. The number of nitrogens with zero attached hydrogens (tertiary/aromatic N) is 3. The summed E-state index contributed by atoms with van der Waals surface area (Å²) in [7, 11) is 0. The number of hydrogen-bond donors (Lipinski definition) is 0. The molecule has 1 aromatic heterocycles. The lowest BCUT2D eigenvalue weighted by molar-refractivity contribution is 0.630. The van der Waals surface area contributed by atoms with Crippen LogP contribution in [0.15, 0.2) is 18.3 Å². The molecule has 0 fully saturated rings. The van der Waals surface area contributed by atoms with Crippen LogP contribution in [0.5, 0.6) is 0 Å². The second kappa shape index (κ2) is 3.28. The predicted octanol–water partition coefficient (Wildman–Crippen LogP) is 2.35. The lowest BCUT2D eigenvalue weighted by atomic mass is 10.2. The van der Waals surface area contributed by atoms with E-state index in [0.29, 0.717) is 10.9 Å². The summed E-state index contributed by atoms with van der Waals surface area (Å²) in [6.45, 7) is 0.130. The monoisotopic (exact) mass is 209 g/mol. The quantitative estimate of drug-likeness (QED) is 0.724. The number of nitriles is 1. The minimum absolute atomic E-state index is 0.0479. The Bertz CT molecular complexity index is 527. The van der Waals surface area contributed by atoms with Gasteiger partial charge >= 0.3 is 0 Å². The summed E-state index contributed by atoms with van der Waals surface area (Å²) in [6.07, 6.45) is 1.46. The Morgan fingerprint density at radius 3 is 3.07 bits per heavy atom. The molecule has 0 aliphatic carbocycles. The third-order valence-electron chi connectivity index (χ3n) is 1.93. The Kier molecular flexibility index (Phi) is 2.10. The van der Waals surface area contributed by atoms with Crippen molar-refractivity contribution in [2.24, 2.45) is 0 Å². The van der Waals surface area contributed by atoms with Crippen LogP contribution in [0.3, 0.4) is 0 Å². The van der Waals surface area contributed by atoms with Gasteiger partial charge in [-0.05, 0) is 12.1 Å². The highest BCUT2D eigenvalue weighted by atomic mass is 35.5. The van der Waals surface area contributed by atoms with E-state index in [1.165, 1.54) is 16.9 Å². The van der Waals surface area contributed by atoms with Crippen molar-refractivity contribution in [3.05, 3.63) is 29.2 Å². The highest BCUT2D eigenvalue weighted by molar-refractivity contribution is 6.35. The van der Waals surface area contributed by atoms with Crippen molar-refractivity contribution >= 4 is 22.5 Å². The average Bonchev–Trinajstić information content (AvgIpc) is 2.57. The highest BCUT2D eigenvalue weighted by Gasteiger charge is 2.09. The molecular formula is C9H5ClFN3. The standard InChI is InChI=1S/C9H5ClFN3/c10-9-6-5-13-14(4-3-12)8(6)2-1-7(9)11/h1-2,5H,4H2. The summed E-state index contributed by atoms with van der Waals surface area (Å²) in [5.74, 6) is -0.476. The molecule has 0 aliphatic heterocycles. The van der Waals surface area contributed by atoms with Crippen LogP contribution in [0.25, 0.3) is 10.9 Å². The van der Waals surface area contributed by atoms with Crippen molar-refractivity contribution in [1.82, 2.24) is 9.78 Å². The van der Waals surface area contributed by atoms with Crippen LogP contribution in [0, 0.1) is 17.1 Å². The van der Waals surface area contributed by atoms with E-state index in [1.54, 1.807) is 6.07 Å². The van der Waals surface area contributed by atoms with Crippen molar-refractivity contribution in [1.29, 1.82) is 5.26 Å². The lowest BCUT2D eigenvalue weighted by Gasteiger charge is -1.98. The molecule has 0 bridgehead atoms. The molecule has 0 aliphatic rings. The summed E-state index contributed by atoms with van der Waals surface area (Å²) >= 11 is 5.73. The topological polar surface area (TPSA) is 41.6 Å². The van der Waals surface area contributed by atoms with E-state index in [1.807, 2.05) is 6.07 Å². The van der Waals surface area contributed by atoms with Crippen molar-refractivity contribution in [3.8, 4) is 6.07 Å². The summed E-state index contributed by atoms with van der Waals surface area (Å²) < 4.78 is 14.5. The van der Waals surface area contributed by atoms with Gasteiger partial charge < -0.3 is 0 Å². The van der Waals surface area contributed by atoms with Gasteiger partial charge in [0.25, 0.3) is 0 Å². The first-order chi connectivity index (χ1) is 6.74. The third-order valence-corrected chi connectivity index (χ3v) is 2.32. The van der Waals surface area contributed by atoms with Gasteiger partial charge in [0, 0.05) is 5.39 Å². The molecule has 1 heterocycles. The summed E-state index contributed by atoms with van der Waals surface area (Å²) in [4.78, 5) is 0. The van der Waals surface area contributed by atoms with Gasteiger partial charge in [-0.15, -0.1) is 0 Å². The fourth-order valence-corrected chi connectivity index (χ4v) is 1.50. The first-order valence-corrected chi connectivity index (χ1v) is 4.28. The van der Waals surface area contributed by atoms with Crippen LogP contribution in [0.4, 0.5) is 4.39 Å². The van der Waals surface area contributed by atoms with E-state index in [0.717, 1.165) is 0 Å². The van der Waals surface area contributed by atoms with E-state index in [4.69, 9.17) is 16.9 Å². The van der Waals surface area contributed by atoms with Crippen molar-refractivity contribution < 1.29 is 4.39 Å². The lowest BCUT2D eigenvalue weighted by Crippen LogP contribution is -1.96. The zero-order valence-electron chi connectivity index (χ0n) is 7.04. The van der Waals surface area contributed by atoms with Gasteiger partial charge in [-0.1, -0.05) is 11.6 Å². The summed E-state index contributed by atoms with van der Waals surface area (Å²) in [5, 5.41) is 13.0. The van der Waals surface area contributed by atoms with Crippen LogP contribution in [0.1, 0.15) is 0 Å². The number of benzene rings is 1. The second-order valence-electron chi connectivity index (χ2n) is 2.75. The van der Waals surface area contributed by atoms with Crippen molar-refractivity contribution in [2.75, 3.05) is 0 Å². The number of hydrogen-bond acceptors (Lipinski definition) is 2. The van der Waals surface area contributed by atoms with Gasteiger partial charge in [-0.2, -0.15) is 10.4 Å². The SMILES string of the molecule is N#CCn1ncc2c(Cl)c(F)ccc21. The Morgan fingerprint density at radius 1 is 1.57 bits per heavy atom. The van der Waals surface area contributed by atoms with Crippen LogP contribution >= 0.6 is 11.6 Å². The van der Waals surface area contributed by atoms with E-state index >= 15 is 0 Å². The van der Waals surface area contributed by atoms with Crippen LogP contribution < -0.4 is 0 Å². The normalized spacial score (nSPS) is 10.4. The van der Waals surface area contributed by atoms with E-state index in [9.17, 15) is 4.39 Å². The maximum Gasteiger partial charge on any atom is 0.142 e. The minimum atomic E-state index is -0.476. The Morgan fingerprint density at radius 2 is 2.36 bits per heavy atom. The fourth-order valence-electron chi connectivity index (χ4n) is 1.29. The summed E-state index contributed by atoms with van der Waals surface area (Å²) in [5.41, 5.74) is 0.665. The van der Waals surface area contributed by atoms with Crippen LogP contribution in [-0.4, -0.2) is 9.78 Å². The van der Waals surface area contributed by atoms with E-state index in [2.05, 4.69) is 5.10 Å². The van der Waals surface area contributed by atoms with Crippen LogP contribution in [-0.2, 0) is 6.54 Å². The number of fused-ring (bicyclic) bond motifs is 1. The molecule has 14 heavy (non-hydrogen) atoms. The maximum atomic E-state index is 13.0. The number of aromatic nitrogens is 2. The summed E-state index contributed by atoms with van der Waals surface area (Å²) in [6, 6.07) is 4.78. The molecular weight excluding hydrogens is 205 g/mol. The molecule has 0 saturated carbocycles. The van der Waals surface area contributed by atoms with Gasteiger partial charge in [0.15, 0.2) is 0 Å². The van der Waals surface area contributed by atoms with Crippen LogP contribution in [0.2, 0.25) is 5.02 Å². The van der Waals surface area contributed by atoms with Gasteiger partial charge in [0.05, 0.1) is 22.8 Å². The first-order valence-electron chi connectivity index (χ1n) is 3.90. The van der Waals surface area contributed by atoms with Gasteiger partial charge in [0.1, 0.15) is 12.4 Å². The largest absolute Gasteiger partial charge is 0.251 e. The van der Waals surface area contributed by atoms with Crippen molar-refractivity contribution in [2.45, 2.75) is 6.54 Å². The predicted molar refractivity (Wildman–Crippen MR) is 50.3 cm³/mol. The fraction of sp³-hybridized carbons (Fsp3) is 0.111. The van der Waals surface area contributed by atoms with Gasteiger partial charge in [-0.25, -0.2) is 4.39 Å². The average molecular weight is 210 g/mol. The molecule has 0 saturated heterocycles. The first kappa shape index (κ1) is 8.97.